The minimum atomic E-state index is 0.119. The molecule has 0 amide bonds. The van der Waals surface area contributed by atoms with Gasteiger partial charge in [-0.2, -0.15) is 0 Å². The van der Waals surface area contributed by atoms with Crippen LogP contribution in [0.25, 0.3) is 0 Å². The Labute approximate surface area is 120 Å². The van der Waals surface area contributed by atoms with E-state index < -0.39 is 0 Å². The number of ether oxygens (including phenoxy) is 1. The number of nitrogens with zero attached hydrogens (tertiary/aromatic N) is 2. The first kappa shape index (κ1) is 14.3. The summed E-state index contributed by atoms with van der Waals surface area (Å²) in [5.74, 6) is 0.943. The second-order valence-corrected chi connectivity index (χ2v) is 4.86. The van der Waals surface area contributed by atoms with Crippen molar-refractivity contribution in [3.63, 3.8) is 0 Å². The zero-order chi connectivity index (χ0) is 14.4. The van der Waals surface area contributed by atoms with Crippen molar-refractivity contribution in [3.05, 3.63) is 54.2 Å². The Kier molecular flexibility index (Phi) is 4.96. The van der Waals surface area contributed by atoms with Crippen LogP contribution in [0.15, 0.2) is 48.7 Å². The van der Waals surface area contributed by atoms with Crippen molar-refractivity contribution >= 4 is 11.5 Å². The van der Waals surface area contributed by atoms with Gasteiger partial charge in [-0.1, -0.05) is 30.3 Å². The Morgan fingerprint density at radius 2 is 1.90 bits per heavy atom. The molecule has 20 heavy (non-hydrogen) atoms. The lowest BCUT2D eigenvalue weighted by Crippen LogP contribution is -2.16. The number of hydrogen-bond acceptors (Lipinski definition) is 4. The van der Waals surface area contributed by atoms with Gasteiger partial charge in [-0.25, -0.2) is 4.98 Å². The number of methoxy groups -OCH3 is 1. The molecule has 0 saturated carbocycles. The van der Waals surface area contributed by atoms with Crippen LogP contribution < -0.4 is 10.2 Å². The molecule has 2 rings (SSSR count). The summed E-state index contributed by atoms with van der Waals surface area (Å²) in [4.78, 5) is 6.39. The molecule has 0 fully saturated rings. The van der Waals surface area contributed by atoms with E-state index in [0.717, 1.165) is 11.5 Å². The second-order valence-electron chi connectivity index (χ2n) is 4.86. The fourth-order valence-corrected chi connectivity index (χ4v) is 2.01. The van der Waals surface area contributed by atoms with Gasteiger partial charge in [-0.3, -0.25) is 0 Å². The second kappa shape index (κ2) is 6.91. The standard InChI is InChI=1S/C16H21N3O/c1-19(2)16-10-9-14(11-17-16)18-15(12-20-3)13-7-5-4-6-8-13/h4-11,15,18H,12H2,1-3H3. The highest BCUT2D eigenvalue weighted by atomic mass is 16.5. The largest absolute Gasteiger partial charge is 0.382 e. The first-order valence-electron chi connectivity index (χ1n) is 6.64. The van der Waals surface area contributed by atoms with E-state index in [-0.39, 0.29) is 6.04 Å². The minimum absolute atomic E-state index is 0.119. The van der Waals surface area contributed by atoms with Crippen LogP contribution in [0.1, 0.15) is 11.6 Å². The van der Waals surface area contributed by atoms with Crippen molar-refractivity contribution in [1.82, 2.24) is 4.98 Å². The zero-order valence-electron chi connectivity index (χ0n) is 12.2. The molecule has 0 spiro atoms. The lowest BCUT2D eigenvalue weighted by molar-refractivity contribution is 0.186. The Morgan fingerprint density at radius 3 is 2.45 bits per heavy atom. The zero-order valence-corrected chi connectivity index (χ0v) is 12.2. The molecule has 1 unspecified atom stereocenters. The maximum atomic E-state index is 5.30. The molecule has 0 saturated heterocycles. The van der Waals surface area contributed by atoms with Crippen molar-refractivity contribution in [2.45, 2.75) is 6.04 Å². The maximum Gasteiger partial charge on any atom is 0.128 e. The molecular formula is C16H21N3O. The molecule has 2 aromatic rings. The summed E-state index contributed by atoms with van der Waals surface area (Å²) >= 11 is 0. The number of rotatable bonds is 6. The normalized spacial score (nSPS) is 11.9. The molecule has 0 bridgehead atoms. The molecule has 4 heteroatoms. The summed E-state index contributed by atoms with van der Waals surface area (Å²) in [6.07, 6.45) is 1.85. The third-order valence-electron chi connectivity index (χ3n) is 3.08. The van der Waals surface area contributed by atoms with Gasteiger partial charge < -0.3 is 15.0 Å². The number of nitrogens with one attached hydrogen (secondary N) is 1. The summed E-state index contributed by atoms with van der Waals surface area (Å²) in [6.45, 7) is 0.611. The SMILES string of the molecule is COCC(Nc1ccc(N(C)C)nc1)c1ccccc1. The van der Waals surface area contributed by atoms with Crippen LogP contribution in [0, 0.1) is 0 Å². The summed E-state index contributed by atoms with van der Waals surface area (Å²) in [6, 6.07) is 14.4. The molecule has 1 atom stereocenters. The maximum absolute atomic E-state index is 5.30. The van der Waals surface area contributed by atoms with Crippen molar-refractivity contribution in [2.75, 3.05) is 38.0 Å². The number of pyridine rings is 1. The predicted octanol–water partition coefficient (Wildman–Crippen LogP) is 2.95. The van der Waals surface area contributed by atoms with Crippen LogP contribution in [0.3, 0.4) is 0 Å². The van der Waals surface area contributed by atoms with Gasteiger partial charge in [0.15, 0.2) is 0 Å². The molecule has 1 aromatic carbocycles. The van der Waals surface area contributed by atoms with Gasteiger partial charge in [-0.05, 0) is 17.7 Å². The first-order valence-corrected chi connectivity index (χ1v) is 6.64. The summed E-state index contributed by atoms with van der Waals surface area (Å²) in [7, 11) is 5.67. The first-order chi connectivity index (χ1) is 9.70. The molecule has 0 radical (unpaired) electrons. The Morgan fingerprint density at radius 1 is 1.15 bits per heavy atom. The third kappa shape index (κ3) is 3.71. The van der Waals surface area contributed by atoms with E-state index >= 15 is 0 Å². The van der Waals surface area contributed by atoms with Crippen LogP contribution in [-0.4, -0.2) is 32.8 Å². The summed E-state index contributed by atoms with van der Waals surface area (Å²) < 4.78 is 5.30. The van der Waals surface area contributed by atoms with Crippen molar-refractivity contribution in [2.24, 2.45) is 0 Å². The fraction of sp³-hybridized carbons (Fsp3) is 0.312. The molecule has 4 nitrogen and oxygen atoms in total. The fourth-order valence-electron chi connectivity index (χ4n) is 2.01. The molecular weight excluding hydrogens is 250 g/mol. The van der Waals surface area contributed by atoms with E-state index in [1.54, 1.807) is 7.11 Å². The minimum Gasteiger partial charge on any atom is -0.382 e. The Bertz CT molecular complexity index is 511. The monoisotopic (exact) mass is 271 g/mol. The summed E-state index contributed by atoms with van der Waals surface area (Å²) in [5, 5.41) is 3.46. The van der Waals surface area contributed by atoms with Gasteiger partial charge in [0, 0.05) is 21.2 Å². The topological polar surface area (TPSA) is 37.4 Å². The van der Waals surface area contributed by atoms with E-state index in [0.29, 0.717) is 6.61 Å². The van der Waals surface area contributed by atoms with Gasteiger partial charge in [0.2, 0.25) is 0 Å². The van der Waals surface area contributed by atoms with E-state index in [9.17, 15) is 0 Å². The van der Waals surface area contributed by atoms with Crippen LogP contribution in [0.5, 0.6) is 0 Å². The molecule has 106 valence electrons. The number of hydrogen-bond donors (Lipinski definition) is 1. The molecule has 0 aliphatic heterocycles. The van der Waals surface area contributed by atoms with Crippen molar-refractivity contribution in [1.29, 1.82) is 0 Å². The number of aromatic nitrogens is 1. The molecule has 0 aliphatic carbocycles. The Hall–Kier alpha value is -2.07. The Balaban J connectivity index is 2.12. The number of anilines is 2. The van der Waals surface area contributed by atoms with Gasteiger partial charge in [-0.15, -0.1) is 0 Å². The predicted molar refractivity (Wildman–Crippen MR) is 83.2 cm³/mol. The van der Waals surface area contributed by atoms with Gasteiger partial charge in [0.25, 0.3) is 0 Å². The van der Waals surface area contributed by atoms with Crippen LogP contribution in [0.4, 0.5) is 11.5 Å². The van der Waals surface area contributed by atoms with E-state index in [4.69, 9.17) is 4.74 Å². The molecule has 1 aromatic heterocycles. The molecule has 0 aliphatic rings. The smallest absolute Gasteiger partial charge is 0.128 e. The number of benzene rings is 1. The van der Waals surface area contributed by atoms with Crippen LogP contribution in [-0.2, 0) is 4.74 Å². The van der Waals surface area contributed by atoms with E-state index in [2.05, 4.69) is 22.4 Å². The quantitative estimate of drug-likeness (QED) is 0.876. The molecule has 1 heterocycles. The van der Waals surface area contributed by atoms with Crippen molar-refractivity contribution < 1.29 is 4.74 Å². The van der Waals surface area contributed by atoms with Gasteiger partial charge >= 0.3 is 0 Å². The third-order valence-corrected chi connectivity index (χ3v) is 3.08. The van der Waals surface area contributed by atoms with Crippen molar-refractivity contribution in [3.8, 4) is 0 Å². The van der Waals surface area contributed by atoms with Gasteiger partial charge in [0.1, 0.15) is 5.82 Å². The average molecular weight is 271 g/mol. The molecule has 1 N–H and O–H groups in total. The van der Waals surface area contributed by atoms with Crippen LogP contribution >= 0.6 is 0 Å². The average Bonchev–Trinajstić information content (AvgIpc) is 2.48. The summed E-state index contributed by atoms with van der Waals surface area (Å²) in [5.41, 5.74) is 2.19. The lowest BCUT2D eigenvalue weighted by atomic mass is 10.1. The highest BCUT2D eigenvalue weighted by molar-refractivity contribution is 5.49. The van der Waals surface area contributed by atoms with Gasteiger partial charge in [0.05, 0.1) is 24.5 Å². The van der Waals surface area contributed by atoms with E-state index in [1.807, 2.05) is 55.5 Å². The van der Waals surface area contributed by atoms with Crippen LogP contribution in [0.2, 0.25) is 0 Å². The van der Waals surface area contributed by atoms with E-state index in [1.165, 1.54) is 5.56 Å². The highest BCUT2D eigenvalue weighted by Crippen LogP contribution is 2.20. The lowest BCUT2D eigenvalue weighted by Gasteiger charge is -2.20. The highest BCUT2D eigenvalue weighted by Gasteiger charge is 2.11.